The van der Waals surface area contributed by atoms with Gasteiger partial charge >= 0.3 is 6.18 Å². The molecule has 27 heavy (non-hydrogen) atoms. The lowest BCUT2D eigenvalue weighted by atomic mass is 9.96. The zero-order valence-electron chi connectivity index (χ0n) is 15.2. The molecule has 1 heterocycles. The Hall–Kier alpha value is -2.12. The first-order valence-electron chi connectivity index (χ1n) is 8.09. The average molecular weight is 404 g/mol. The molecule has 0 aliphatic carbocycles. The summed E-state index contributed by atoms with van der Waals surface area (Å²) < 4.78 is 54.8. The van der Waals surface area contributed by atoms with E-state index in [1.54, 1.807) is 14.2 Å². The highest BCUT2D eigenvalue weighted by Crippen LogP contribution is 2.38. The first-order chi connectivity index (χ1) is 12.3. The summed E-state index contributed by atoms with van der Waals surface area (Å²) in [6.07, 6.45) is -4.68. The molecule has 1 aliphatic heterocycles. The minimum Gasteiger partial charge on any atom is -0.493 e. The molecule has 2 aromatic carbocycles. The van der Waals surface area contributed by atoms with Crippen molar-refractivity contribution in [3.63, 3.8) is 0 Å². The largest absolute Gasteiger partial charge is 0.493 e. The highest BCUT2D eigenvalue weighted by atomic mass is 35.5. The van der Waals surface area contributed by atoms with Crippen LogP contribution in [0.4, 0.5) is 13.2 Å². The Morgan fingerprint density at radius 2 is 1.59 bits per heavy atom. The molecule has 0 fully saturated rings. The number of methoxy groups -OCH3 is 2. The smallest absolute Gasteiger partial charge is 0.416 e. The number of fused-ring (bicyclic) bond motifs is 1. The number of hydrogen-bond acceptors (Lipinski definition) is 4. The number of halogens is 4. The lowest BCUT2D eigenvalue weighted by Gasteiger charge is -2.33. The van der Waals surface area contributed by atoms with E-state index in [2.05, 4.69) is 4.90 Å². The van der Waals surface area contributed by atoms with Gasteiger partial charge in [-0.3, -0.25) is 4.90 Å². The first-order valence-corrected chi connectivity index (χ1v) is 8.09. The zero-order chi connectivity index (χ0) is 18.9. The third-order valence-corrected chi connectivity index (χ3v) is 4.37. The van der Waals surface area contributed by atoms with E-state index < -0.39 is 11.7 Å². The second kappa shape index (κ2) is 8.27. The second-order valence-corrected chi connectivity index (χ2v) is 6.23. The average Bonchev–Trinajstić information content (AvgIpc) is 2.60. The summed E-state index contributed by atoms with van der Waals surface area (Å²) in [6.45, 7) is 1.34. The van der Waals surface area contributed by atoms with Crippen LogP contribution in [0.25, 0.3) is 0 Å². The van der Waals surface area contributed by atoms with Gasteiger partial charge in [0.05, 0.1) is 19.8 Å². The number of ether oxygens (including phenoxy) is 3. The summed E-state index contributed by atoms with van der Waals surface area (Å²) in [6, 6.07) is 8.52. The minimum absolute atomic E-state index is 0. The Kier molecular flexibility index (Phi) is 6.49. The van der Waals surface area contributed by atoms with Gasteiger partial charge in [-0.25, -0.2) is 0 Å². The van der Waals surface area contributed by atoms with E-state index >= 15 is 0 Å². The summed E-state index contributed by atoms with van der Waals surface area (Å²) in [4.78, 5) is 2.09. The van der Waals surface area contributed by atoms with Gasteiger partial charge in [0, 0.05) is 18.7 Å². The fraction of sp³-hybridized carbons (Fsp3) is 0.368. The molecule has 0 radical (unpaired) electrons. The standard InChI is InChI=1S/C19H20F3NO3.ClH/c1-23-10-12-8-16(24-2)17(25-3)9-15(12)18(11-23)26-14-6-4-13(5-7-14)19(20,21)22;/h4-9,18H,10-11H2,1-3H3;1H. The van der Waals surface area contributed by atoms with Gasteiger partial charge in [-0.2, -0.15) is 13.2 Å². The third kappa shape index (κ3) is 4.59. The maximum atomic E-state index is 12.7. The molecule has 0 saturated carbocycles. The molecule has 8 heteroatoms. The summed E-state index contributed by atoms with van der Waals surface area (Å²) in [5.41, 5.74) is 1.28. The van der Waals surface area contributed by atoms with Crippen LogP contribution < -0.4 is 14.2 Å². The monoisotopic (exact) mass is 403 g/mol. The Morgan fingerprint density at radius 3 is 2.15 bits per heavy atom. The molecule has 1 unspecified atom stereocenters. The molecule has 4 nitrogen and oxygen atoms in total. The van der Waals surface area contributed by atoms with E-state index in [0.717, 1.165) is 29.8 Å². The van der Waals surface area contributed by atoms with Gasteiger partial charge in [-0.15, -0.1) is 12.4 Å². The molecule has 1 aliphatic rings. The Bertz CT molecular complexity index is 781. The molecule has 0 bridgehead atoms. The molecule has 2 aromatic rings. The van der Waals surface area contributed by atoms with Gasteiger partial charge in [0.25, 0.3) is 0 Å². The van der Waals surface area contributed by atoms with E-state index in [4.69, 9.17) is 14.2 Å². The summed E-state index contributed by atoms with van der Waals surface area (Å²) >= 11 is 0. The number of likely N-dealkylation sites (N-methyl/N-ethyl adjacent to an activating group) is 1. The number of benzene rings is 2. The molecule has 0 saturated heterocycles. The lowest BCUT2D eigenvalue weighted by molar-refractivity contribution is -0.137. The van der Waals surface area contributed by atoms with Crippen molar-refractivity contribution >= 4 is 12.4 Å². The van der Waals surface area contributed by atoms with Gasteiger partial charge < -0.3 is 14.2 Å². The Labute approximate surface area is 162 Å². The van der Waals surface area contributed by atoms with Crippen molar-refractivity contribution < 1.29 is 27.4 Å². The number of rotatable bonds is 4. The predicted molar refractivity (Wildman–Crippen MR) is 97.9 cm³/mol. The molecule has 148 valence electrons. The summed E-state index contributed by atoms with van der Waals surface area (Å²) in [7, 11) is 5.10. The van der Waals surface area contributed by atoms with Crippen molar-refractivity contribution in [1.29, 1.82) is 0 Å². The highest BCUT2D eigenvalue weighted by Gasteiger charge is 2.31. The normalized spacial score (nSPS) is 16.9. The number of hydrogen-bond donors (Lipinski definition) is 0. The summed E-state index contributed by atoms with van der Waals surface area (Å²) in [5.74, 6) is 1.62. The van der Waals surface area contributed by atoms with Gasteiger partial charge in [0.15, 0.2) is 11.5 Å². The maximum Gasteiger partial charge on any atom is 0.416 e. The van der Waals surface area contributed by atoms with Gasteiger partial charge in [-0.05, 0) is 49.0 Å². The van der Waals surface area contributed by atoms with Crippen LogP contribution in [0.2, 0.25) is 0 Å². The van der Waals surface area contributed by atoms with E-state index in [-0.39, 0.29) is 18.5 Å². The van der Waals surface area contributed by atoms with E-state index in [0.29, 0.717) is 23.8 Å². The minimum atomic E-state index is -4.36. The topological polar surface area (TPSA) is 30.9 Å². The predicted octanol–water partition coefficient (Wildman–Crippen LogP) is 4.71. The molecular formula is C19H21ClF3NO3. The Balaban J connectivity index is 0.00000261. The van der Waals surface area contributed by atoms with Crippen LogP contribution in [0.1, 0.15) is 22.8 Å². The van der Waals surface area contributed by atoms with Gasteiger partial charge in [0.2, 0.25) is 0 Å². The molecule has 0 N–H and O–H groups in total. The number of alkyl halides is 3. The van der Waals surface area contributed by atoms with Crippen molar-refractivity contribution in [2.75, 3.05) is 27.8 Å². The lowest BCUT2D eigenvalue weighted by Crippen LogP contribution is -2.33. The van der Waals surface area contributed by atoms with Crippen molar-refractivity contribution in [1.82, 2.24) is 4.90 Å². The first kappa shape index (κ1) is 21.2. The quantitative estimate of drug-likeness (QED) is 0.739. The molecule has 0 spiro atoms. The Morgan fingerprint density at radius 1 is 1.00 bits per heavy atom. The summed E-state index contributed by atoms with van der Waals surface area (Å²) in [5, 5.41) is 0. The second-order valence-electron chi connectivity index (χ2n) is 6.23. The molecule has 0 amide bonds. The van der Waals surface area contributed by atoms with Crippen LogP contribution in [0, 0.1) is 0 Å². The molecular weight excluding hydrogens is 383 g/mol. The maximum absolute atomic E-state index is 12.7. The van der Waals surface area contributed by atoms with Crippen LogP contribution in [0.3, 0.4) is 0 Å². The van der Waals surface area contributed by atoms with E-state index in [1.165, 1.54) is 12.1 Å². The van der Waals surface area contributed by atoms with Crippen molar-refractivity contribution in [3.05, 3.63) is 53.1 Å². The molecule has 3 rings (SSSR count). The molecule has 1 atom stereocenters. The van der Waals surface area contributed by atoms with Crippen LogP contribution in [0.5, 0.6) is 17.2 Å². The van der Waals surface area contributed by atoms with Crippen LogP contribution >= 0.6 is 12.4 Å². The van der Waals surface area contributed by atoms with Crippen molar-refractivity contribution in [3.8, 4) is 17.2 Å². The van der Waals surface area contributed by atoms with Gasteiger partial charge in [0.1, 0.15) is 11.9 Å². The van der Waals surface area contributed by atoms with E-state index in [1.807, 2.05) is 19.2 Å². The third-order valence-electron chi connectivity index (χ3n) is 4.37. The fourth-order valence-corrected chi connectivity index (χ4v) is 3.10. The highest BCUT2D eigenvalue weighted by molar-refractivity contribution is 5.85. The van der Waals surface area contributed by atoms with Gasteiger partial charge in [-0.1, -0.05) is 0 Å². The van der Waals surface area contributed by atoms with Crippen LogP contribution in [0.15, 0.2) is 36.4 Å². The van der Waals surface area contributed by atoms with Crippen molar-refractivity contribution in [2.24, 2.45) is 0 Å². The SMILES string of the molecule is COc1cc2c(cc1OC)C(Oc1ccc(C(F)(F)F)cc1)CN(C)C2.Cl. The van der Waals surface area contributed by atoms with Crippen LogP contribution in [-0.4, -0.2) is 32.7 Å². The number of nitrogens with zero attached hydrogens (tertiary/aromatic N) is 1. The van der Waals surface area contributed by atoms with E-state index in [9.17, 15) is 13.2 Å². The van der Waals surface area contributed by atoms with Crippen LogP contribution in [-0.2, 0) is 12.7 Å². The molecule has 0 aromatic heterocycles. The zero-order valence-corrected chi connectivity index (χ0v) is 16.0. The fourth-order valence-electron chi connectivity index (χ4n) is 3.10. The van der Waals surface area contributed by atoms with Crippen molar-refractivity contribution in [2.45, 2.75) is 18.8 Å².